The molecule has 0 aliphatic rings. The van der Waals surface area contributed by atoms with Crippen LogP contribution in [0.15, 0.2) is 140 Å². The van der Waals surface area contributed by atoms with Gasteiger partial charge >= 0.3 is 0 Å². The van der Waals surface area contributed by atoms with Crippen molar-refractivity contribution in [3.8, 4) is 22.5 Å². The van der Waals surface area contributed by atoms with Gasteiger partial charge in [0.15, 0.2) is 0 Å². The third-order valence-corrected chi connectivity index (χ3v) is 12.8. The van der Waals surface area contributed by atoms with Gasteiger partial charge in [0.05, 0.1) is 41.8 Å². The van der Waals surface area contributed by atoms with Crippen LogP contribution in [0.2, 0.25) is 0 Å². The zero-order chi connectivity index (χ0) is 51.6. The molecule has 16 heteroatoms. The monoisotopic (exact) mass is 984 g/mol. The van der Waals surface area contributed by atoms with Gasteiger partial charge in [-0.3, -0.25) is 9.59 Å². The van der Waals surface area contributed by atoms with Gasteiger partial charge < -0.3 is 52.9 Å². The smallest absolute Gasteiger partial charge is 0.252 e. The number of fused-ring (bicyclic) bond motifs is 2. The fourth-order valence-electron chi connectivity index (χ4n) is 8.86. The van der Waals surface area contributed by atoms with Crippen LogP contribution < -0.4 is 32.7 Å². The number of halogens is 2. The quantitative estimate of drug-likeness (QED) is 0.0368. The second kappa shape index (κ2) is 23.3. The van der Waals surface area contributed by atoms with E-state index in [4.69, 9.17) is 11.5 Å². The number of carbonyl (C=O) groups is 2. The van der Waals surface area contributed by atoms with Crippen LogP contribution in [0, 0.1) is 11.6 Å². The van der Waals surface area contributed by atoms with Crippen molar-refractivity contribution in [2.45, 2.75) is 58.8 Å². The summed E-state index contributed by atoms with van der Waals surface area (Å²) in [5.41, 5.74) is 24.4. The predicted molar refractivity (Wildman–Crippen MR) is 285 cm³/mol. The van der Waals surface area contributed by atoms with E-state index in [-0.39, 0.29) is 48.1 Å². The van der Waals surface area contributed by atoms with Gasteiger partial charge in [-0.25, -0.2) is 18.7 Å². The zero-order valence-corrected chi connectivity index (χ0v) is 40.7. The number of aliphatic hydroxyl groups is 2. The van der Waals surface area contributed by atoms with Crippen molar-refractivity contribution in [3.05, 3.63) is 190 Å². The number of benzene rings is 5. The number of pyridine rings is 2. The van der Waals surface area contributed by atoms with E-state index in [1.165, 1.54) is 36.7 Å². The number of nitrogens with two attached hydrogens (primary N) is 2. The number of nitrogens with zero attached hydrogens (tertiary/aromatic N) is 2. The first-order valence-electron chi connectivity index (χ1n) is 24.0. The highest BCUT2D eigenvalue weighted by molar-refractivity contribution is 6.09. The lowest BCUT2D eigenvalue weighted by atomic mass is 10.0. The van der Waals surface area contributed by atoms with Gasteiger partial charge in [0, 0.05) is 65.1 Å². The van der Waals surface area contributed by atoms with Crippen molar-refractivity contribution in [2.24, 2.45) is 11.5 Å². The number of primary amides is 2. The average molecular weight is 985 g/mol. The Morgan fingerprint density at radius 1 is 0.603 bits per heavy atom. The van der Waals surface area contributed by atoms with Crippen LogP contribution in [0.4, 0.5) is 31.5 Å². The summed E-state index contributed by atoms with van der Waals surface area (Å²) in [7, 11) is 0. The Morgan fingerprint density at radius 3 is 1.47 bits per heavy atom. The van der Waals surface area contributed by atoms with Crippen molar-refractivity contribution in [1.82, 2.24) is 30.6 Å². The Hall–Kier alpha value is -8.28. The molecule has 14 nitrogen and oxygen atoms in total. The van der Waals surface area contributed by atoms with Gasteiger partial charge in [-0.1, -0.05) is 68.4 Å². The molecule has 0 aliphatic carbocycles. The Kier molecular flexibility index (Phi) is 16.3. The molecule has 9 rings (SSSR count). The number of aliphatic hydroxyl groups excluding tert-OH is 2. The van der Waals surface area contributed by atoms with E-state index in [0.29, 0.717) is 46.5 Å². The molecule has 0 radical (unpaired) electrons. The second-order valence-corrected chi connectivity index (χ2v) is 17.6. The van der Waals surface area contributed by atoms with Gasteiger partial charge in [-0.05, 0) is 132 Å². The summed E-state index contributed by atoms with van der Waals surface area (Å²) >= 11 is 0. The first-order chi connectivity index (χ1) is 35.4. The third-order valence-electron chi connectivity index (χ3n) is 12.8. The van der Waals surface area contributed by atoms with Crippen LogP contribution in [0.5, 0.6) is 0 Å². The van der Waals surface area contributed by atoms with Crippen molar-refractivity contribution in [1.29, 1.82) is 0 Å². The number of amides is 2. The highest BCUT2D eigenvalue weighted by Crippen LogP contribution is 2.36. The Morgan fingerprint density at radius 2 is 1.05 bits per heavy atom. The maximum atomic E-state index is 13.5. The van der Waals surface area contributed by atoms with Gasteiger partial charge in [0.2, 0.25) is 0 Å². The van der Waals surface area contributed by atoms with E-state index in [1.807, 2.05) is 79.7 Å². The summed E-state index contributed by atoms with van der Waals surface area (Å²) in [4.78, 5) is 39.9. The summed E-state index contributed by atoms with van der Waals surface area (Å²) in [6.45, 7) is 7.25. The normalized spacial score (nSPS) is 12.0. The van der Waals surface area contributed by atoms with Crippen molar-refractivity contribution < 1.29 is 28.6 Å². The molecular formula is C57H58F2N10O4. The summed E-state index contributed by atoms with van der Waals surface area (Å²) in [5.74, 6) is -1.82. The van der Waals surface area contributed by atoms with Crippen molar-refractivity contribution >= 4 is 56.6 Å². The number of hydrogen-bond donors (Lipinski definition) is 10. The van der Waals surface area contributed by atoms with E-state index in [2.05, 4.69) is 61.1 Å². The molecule has 4 heterocycles. The highest BCUT2D eigenvalue weighted by Gasteiger charge is 2.21. The molecule has 12 N–H and O–H groups in total. The Bertz CT molecular complexity index is 3360. The number of aromatic nitrogens is 4. The van der Waals surface area contributed by atoms with Crippen LogP contribution in [0.25, 0.3) is 44.6 Å². The Balaban J connectivity index is 0.000000197. The molecule has 9 aromatic rings. The summed E-state index contributed by atoms with van der Waals surface area (Å²) < 4.78 is 26.8. The fourth-order valence-corrected chi connectivity index (χ4v) is 8.86. The highest BCUT2D eigenvalue weighted by atomic mass is 19.1. The van der Waals surface area contributed by atoms with Crippen LogP contribution in [-0.2, 0) is 25.9 Å². The minimum absolute atomic E-state index is 0.0210. The molecule has 1 unspecified atom stereocenters. The third kappa shape index (κ3) is 11.8. The maximum Gasteiger partial charge on any atom is 0.252 e. The minimum Gasteiger partial charge on any atom is -0.395 e. The maximum absolute atomic E-state index is 13.5. The molecule has 5 aromatic carbocycles. The fraction of sp³-hybridized carbons (Fsp3) is 0.193. The predicted octanol–water partition coefficient (Wildman–Crippen LogP) is 9.84. The number of anilines is 4. The van der Waals surface area contributed by atoms with E-state index >= 15 is 0 Å². The molecule has 374 valence electrons. The second-order valence-electron chi connectivity index (χ2n) is 17.6. The molecule has 0 aliphatic heterocycles. The van der Waals surface area contributed by atoms with Crippen LogP contribution >= 0.6 is 0 Å². The average Bonchev–Trinajstić information content (AvgIpc) is 4.05. The number of carbonyl (C=O) groups excluding carboxylic acids is 2. The van der Waals surface area contributed by atoms with E-state index in [1.54, 1.807) is 24.3 Å². The van der Waals surface area contributed by atoms with E-state index < -0.39 is 11.8 Å². The molecule has 0 saturated heterocycles. The van der Waals surface area contributed by atoms with Gasteiger partial charge in [0.25, 0.3) is 11.8 Å². The SMILES string of the molecule is CCc1c(CNC(C)CO)cccc1Nc1c(C(N)=O)cnc2[nH]c(-c3ccc(F)cc3)cc12.CCc1c(CN[C@H](CO)c2ccccc2)cccc1Nc1c(C(N)=O)cnc2[nH]c(-c3ccc(F)cc3)cc12. The number of aromatic amines is 2. The standard InChI is InChI=1S/C31H30FN5O2.C26H28FN5O2/c1-2-23-21(16-34-28(18-38)19-7-4-3-5-8-19)9-6-10-26(23)36-29-24-15-27(20-11-13-22(32)14-12-20)37-31(24)35-17-25(29)30(33)39;1-3-19-17(12-29-15(2)14-33)5-4-6-22(19)31-24-20-11-23(16-7-9-18(27)10-8-16)32-26(20)30-13-21(24)25(28)34/h3-15,17,28,34,38H,2,16,18H2,1H3,(H2,33,39)(H2,35,36,37);4-11,13,15,29,33H,3,12,14H2,1-2H3,(H2,28,34)(H2,30,31,32)/t28-;/m1./s1. The number of rotatable bonds is 19. The lowest BCUT2D eigenvalue weighted by Crippen LogP contribution is -2.29. The molecule has 0 bridgehead atoms. The van der Waals surface area contributed by atoms with Crippen LogP contribution in [-0.4, -0.2) is 61.2 Å². The first kappa shape index (κ1) is 51.1. The van der Waals surface area contributed by atoms with Gasteiger partial charge in [-0.2, -0.15) is 0 Å². The van der Waals surface area contributed by atoms with E-state index in [0.717, 1.165) is 74.5 Å². The molecule has 2 amide bonds. The largest absolute Gasteiger partial charge is 0.395 e. The van der Waals surface area contributed by atoms with Crippen LogP contribution in [0.1, 0.15) is 75.3 Å². The Labute approximate surface area is 421 Å². The number of H-pyrrole nitrogens is 2. The van der Waals surface area contributed by atoms with E-state index in [9.17, 15) is 28.6 Å². The summed E-state index contributed by atoms with van der Waals surface area (Å²) in [5, 5.41) is 34.4. The van der Waals surface area contributed by atoms with Gasteiger partial charge in [-0.15, -0.1) is 0 Å². The van der Waals surface area contributed by atoms with Crippen molar-refractivity contribution in [2.75, 3.05) is 23.8 Å². The molecule has 73 heavy (non-hydrogen) atoms. The topological polar surface area (TPSA) is 232 Å². The summed E-state index contributed by atoms with van der Waals surface area (Å²) in [6.07, 6.45) is 4.42. The molecule has 0 fully saturated rings. The summed E-state index contributed by atoms with van der Waals surface area (Å²) in [6, 6.07) is 37.6. The van der Waals surface area contributed by atoms with Crippen molar-refractivity contribution in [3.63, 3.8) is 0 Å². The lowest BCUT2D eigenvalue weighted by molar-refractivity contribution is 0.0992. The lowest BCUT2D eigenvalue weighted by Gasteiger charge is -2.20. The number of hydrogen-bond acceptors (Lipinski definition) is 10. The molecule has 0 saturated carbocycles. The molecule has 0 spiro atoms. The molecule has 4 aromatic heterocycles. The van der Waals surface area contributed by atoms with Gasteiger partial charge in [0.1, 0.15) is 22.9 Å². The molecular weight excluding hydrogens is 927 g/mol. The molecule has 2 atom stereocenters. The number of nitrogens with one attached hydrogen (secondary N) is 6. The zero-order valence-electron chi connectivity index (χ0n) is 40.7. The van der Waals surface area contributed by atoms with Crippen LogP contribution in [0.3, 0.4) is 0 Å². The minimum atomic E-state index is -0.596. The first-order valence-corrected chi connectivity index (χ1v) is 24.0.